The van der Waals surface area contributed by atoms with Crippen molar-refractivity contribution in [3.63, 3.8) is 0 Å². The van der Waals surface area contributed by atoms with E-state index >= 15 is 0 Å². The summed E-state index contributed by atoms with van der Waals surface area (Å²) in [4.78, 5) is 0. The minimum atomic E-state index is -0.543. The third-order valence-electron chi connectivity index (χ3n) is 2.75. The Morgan fingerprint density at radius 2 is 1.53 bits per heavy atom. The van der Waals surface area contributed by atoms with Crippen molar-refractivity contribution < 1.29 is 5.11 Å². The summed E-state index contributed by atoms with van der Waals surface area (Å²) in [7, 11) is 0. The minimum absolute atomic E-state index is 0.543. The van der Waals surface area contributed by atoms with E-state index in [2.05, 4.69) is 45.2 Å². The van der Waals surface area contributed by atoms with Crippen molar-refractivity contribution in [2.45, 2.75) is 12.5 Å². The van der Waals surface area contributed by atoms with Crippen LogP contribution in [0.1, 0.15) is 17.2 Å². The van der Waals surface area contributed by atoms with Crippen LogP contribution in [0.3, 0.4) is 0 Å². The van der Waals surface area contributed by atoms with Crippen LogP contribution in [0.25, 0.3) is 0 Å². The molecule has 100 valence electrons. The van der Waals surface area contributed by atoms with Crippen molar-refractivity contribution in [1.82, 2.24) is 0 Å². The Balaban J connectivity index is 2.23. The van der Waals surface area contributed by atoms with Gasteiger partial charge in [0.05, 0.1) is 6.10 Å². The van der Waals surface area contributed by atoms with Gasteiger partial charge < -0.3 is 5.11 Å². The van der Waals surface area contributed by atoms with Crippen molar-refractivity contribution >= 4 is 68.4 Å². The number of hydrogen-bond acceptors (Lipinski definition) is 1. The second-order valence-corrected chi connectivity index (χ2v) is 7.32. The number of hydrogen-bond donors (Lipinski definition) is 1. The van der Waals surface area contributed by atoms with Gasteiger partial charge >= 0.3 is 0 Å². The maximum Gasteiger partial charge on any atom is 0.0840 e. The molecule has 5 heteroatoms. The summed E-state index contributed by atoms with van der Waals surface area (Å²) in [5.74, 6) is 0. The van der Waals surface area contributed by atoms with Gasteiger partial charge in [0, 0.05) is 23.6 Å². The van der Waals surface area contributed by atoms with Gasteiger partial charge in [0.1, 0.15) is 0 Å². The zero-order valence-electron chi connectivity index (χ0n) is 9.71. The summed E-state index contributed by atoms with van der Waals surface area (Å²) in [5.41, 5.74) is 1.99. The fraction of sp³-hybridized carbons (Fsp3) is 0.143. The zero-order valence-corrected chi connectivity index (χ0v) is 15.5. The van der Waals surface area contributed by atoms with Gasteiger partial charge in [-0.15, -0.1) is 0 Å². The summed E-state index contributed by atoms with van der Waals surface area (Å²) < 4.78 is 2.04. The molecule has 1 atom stereocenters. The van der Waals surface area contributed by atoms with Crippen molar-refractivity contribution in [2.24, 2.45) is 0 Å². The number of rotatable bonds is 3. The van der Waals surface area contributed by atoms with E-state index < -0.39 is 6.10 Å². The van der Waals surface area contributed by atoms with Crippen molar-refractivity contribution in [3.05, 3.63) is 64.7 Å². The Kier molecular flexibility index (Phi) is 5.77. The molecule has 0 aliphatic carbocycles. The summed E-state index contributed by atoms with van der Waals surface area (Å²) in [5, 5.41) is 11.7. The van der Waals surface area contributed by atoms with Crippen LogP contribution in [0.4, 0.5) is 0 Å². The summed E-state index contributed by atoms with van der Waals surface area (Å²) in [6, 6.07) is 11.2. The molecule has 0 spiro atoms. The molecule has 2 rings (SSSR count). The smallest absolute Gasteiger partial charge is 0.0840 e. The number of aliphatic hydroxyl groups is 1. The van der Waals surface area contributed by atoms with E-state index in [4.69, 9.17) is 23.2 Å². The maximum atomic E-state index is 10.4. The highest BCUT2D eigenvalue weighted by Gasteiger charge is 2.14. The normalized spacial score (nSPS) is 12.5. The Morgan fingerprint density at radius 3 is 2.11 bits per heavy atom. The lowest BCUT2D eigenvalue weighted by Crippen LogP contribution is -2.05. The topological polar surface area (TPSA) is 20.2 Å². The largest absolute Gasteiger partial charge is 0.388 e. The molecule has 0 radical (unpaired) electrons. The van der Waals surface area contributed by atoms with Crippen LogP contribution >= 0.6 is 68.4 Å². The molecule has 1 N–H and O–H groups in total. The molecule has 0 aromatic heterocycles. The van der Waals surface area contributed by atoms with Crippen LogP contribution in [0, 0.1) is 7.14 Å². The first kappa shape index (κ1) is 15.8. The van der Waals surface area contributed by atoms with Crippen LogP contribution in [-0.4, -0.2) is 5.11 Å². The first-order chi connectivity index (χ1) is 8.97. The number of aliphatic hydroxyl groups excluding tert-OH is 1. The monoisotopic (exact) mass is 518 g/mol. The van der Waals surface area contributed by atoms with E-state index in [0.29, 0.717) is 16.5 Å². The molecule has 1 nitrogen and oxygen atoms in total. The van der Waals surface area contributed by atoms with Crippen LogP contribution < -0.4 is 0 Å². The van der Waals surface area contributed by atoms with E-state index in [1.165, 1.54) is 0 Å². The van der Waals surface area contributed by atoms with E-state index in [-0.39, 0.29) is 0 Å². The molecule has 2 aromatic rings. The lowest BCUT2D eigenvalue weighted by atomic mass is 10.0. The van der Waals surface area contributed by atoms with Crippen molar-refractivity contribution in [3.8, 4) is 0 Å². The van der Waals surface area contributed by atoms with E-state index in [1.807, 2.05) is 30.3 Å². The molecule has 2 aromatic carbocycles. The van der Waals surface area contributed by atoms with Gasteiger partial charge in [0.2, 0.25) is 0 Å². The fourth-order valence-corrected chi connectivity index (χ4v) is 4.10. The molecule has 0 aliphatic rings. The van der Waals surface area contributed by atoms with Crippen molar-refractivity contribution in [2.75, 3.05) is 0 Å². The predicted octanol–water partition coefficient (Wildman–Crippen LogP) is 5.48. The van der Waals surface area contributed by atoms with E-state index in [9.17, 15) is 5.11 Å². The van der Waals surface area contributed by atoms with Gasteiger partial charge in [-0.05, 0) is 80.6 Å². The number of halogens is 4. The standard InChI is InChI=1S/C14H10Cl2I2O/c15-9-2-1-8(12(17)6-9)5-14(19)11-4-3-10(16)7-13(11)18/h1-4,6-7,14,19H,5H2. The quantitative estimate of drug-likeness (QED) is 0.534. The highest BCUT2D eigenvalue weighted by Crippen LogP contribution is 2.28. The molecule has 0 bridgehead atoms. The van der Waals surface area contributed by atoms with Crippen LogP contribution in [0.5, 0.6) is 0 Å². The SMILES string of the molecule is OC(Cc1ccc(Cl)cc1I)c1ccc(Cl)cc1I. The lowest BCUT2D eigenvalue weighted by Gasteiger charge is -2.14. The molecule has 0 saturated carbocycles. The van der Waals surface area contributed by atoms with Gasteiger partial charge in [-0.1, -0.05) is 35.3 Å². The maximum absolute atomic E-state index is 10.4. The van der Waals surface area contributed by atoms with E-state index in [1.54, 1.807) is 6.07 Å². The molecule has 0 heterocycles. The van der Waals surface area contributed by atoms with Gasteiger partial charge in [0.15, 0.2) is 0 Å². The highest BCUT2D eigenvalue weighted by atomic mass is 127. The third kappa shape index (κ3) is 4.20. The van der Waals surface area contributed by atoms with Gasteiger partial charge in [-0.2, -0.15) is 0 Å². The van der Waals surface area contributed by atoms with E-state index in [0.717, 1.165) is 18.3 Å². The number of benzene rings is 2. The molecule has 1 unspecified atom stereocenters. The molecular weight excluding hydrogens is 509 g/mol. The molecular formula is C14H10Cl2I2O. The summed E-state index contributed by atoms with van der Waals surface area (Å²) in [6.45, 7) is 0. The second kappa shape index (κ2) is 6.93. The third-order valence-corrected chi connectivity index (χ3v) is 5.16. The Labute approximate surface area is 149 Å². The first-order valence-corrected chi connectivity index (χ1v) is 8.45. The molecule has 0 aliphatic heterocycles. The zero-order chi connectivity index (χ0) is 14.0. The highest BCUT2D eigenvalue weighted by molar-refractivity contribution is 14.1. The fourth-order valence-electron chi connectivity index (χ4n) is 1.78. The van der Waals surface area contributed by atoms with Crippen LogP contribution in [0.15, 0.2) is 36.4 Å². The van der Waals surface area contributed by atoms with Crippen molar-refractivity contribution in [1.29, 1.82) is 0 Å². The average molecular weight is 519 g/mol. The van der Waals surface area contributed by atoms with Gasteiger partial charge in [-0.3, -0.25) is 0 Å². The minimum Gasteiger partial charge on any atom is -0.388 e. The molecule has 0 amide bonds. The molecule has 0 fully saturated rings. The molecule has 0 saturated heterocycles. The Bertz CT molecular complexity index is 602. The van der Waals surface area contributed by atoms with Gasteiger partial charge in [0.25, 0.3) is 0 Å². The lowest BCUT2D eigenvalue weighted by molar-refractivity contribution is 0.177. The average Bonchev–Trinajstić information content (AvgIpc) is 2.32. The second-order valence-electron chi connectivity index (χ2n) is 4.12. The van der Waals surface area contributed by atoms with Crippen LogP contribution in [0.2, 0.25) is 10.0 Å². The summed E-state index contributed by atoms with van der Waals surface area (Å²) >= 11 is 16.3. The molecule has 19 heavy (non-hydrogen) atoms. The Hall–Kier alpha value is 0.440. The predicted molar refractivity (Wildman–Crippen MR) is 97.0 cm³/mol. The summed E-state index contributed by atoms with van der Waals surface area (Å²) in [6.07, 6.45) is 0.0199. The Morgan fingerprint density at radius 1 is 0.947 bits per heavy atom. The first-order valence-electron chi connectivity index (χ1n) is 5.54. The van der Waals surface area contributed by atoms with Crippen LogP contribution in [-0.2, 0) is 6.42 Å². The van der Waals surface area contributed by atoms with Gasteiger partial charge in [-0.25, -0.2) is 0 Å².